The first kappa shape index (κ1) is 31.8. The van der Waals surface area contributed by atoms with Gasteiger partial charge < -0.3 is 5.32 Å². The molecular formula is C54H39N. The Morgan fingerprint density at radius 2 is 0.964 bits per heavy atom. The van der Waals surface area contributed by atoms with Gasteiger partial charge in [-0.2, -0.15) is 0 Å². The van der Waals surface area contributed by atoms with E-state index in [2.05, 4.69) is 213 Å². The molecule has 0 atom stereocenters. The number of benzene rings is 9. The van der Waals surface area contributed by atoms with E-state index in [9.17, 15) is 0 Å². The van der Waals surface area contributed by atoms with Crippen LogP contribution in [0, 0.1) is 0 Å². The minimum absolute atomic E-state index is 0.0731. The van der Waals surface area contributed by atoms with E-state index in [1.54, 1.807) is 0 Å². The second-order valence-electron chi connectivity index (χ2n) is 15.7. The fourth-order valence-corrected chi connectivity index (χ4v) is 10.1. The van der Waals surface area contributed by atoms with Gasteiger partial charge >= 0.3 is 0 Å². The second-order valence-corrected chi connectivity index (χ2v) is 15.7. The van der Waals surface area contributed by atoms with Crippen molar-refractivity contribution in [3.05, 3.63) is 228 Å². The van der Waals surface area contributed by atoms with Crippen LogP contribution in [-0.4, -0.2) is 0 Å². The zero-order chi connectivity index (χ0) is 36.7. The van der Waals surface area contributed by atoms with Crippen molar-refractivity contribution < 1.29 is 0 Å². The minimum Gasteiger partial charge on any atom is -0.355 e. The van der Waals surface area contributed by atoms with Gasteiger partial charge in [0, 0.05) is 16.8 Å². The maximum atomic E-state index is 3.92. The molecular weight excluding hydrogens is 663 g/mol. The Labute approximate surface area is 322 Å². The van der Waals surface area contributed by atoms with Gasteiger partial charge in [0.1, 0.15) is 0 Å². The van der Waals surface area contributed by atoms with Crippen LogP contribution in [0.15, 0.2) is 194 Å². The first-order chi connectivity index (χ1) is 27.0. The summed E-state index contributed by atoms with van der Waals surface area (Å²) < 4.78 is 0. The monoisotopic (exact) mass is 701 g/mol. The highest BCUT2D eigenvalue weighted by atomic mass is 14.9. The fourth-order valence-electron chi connectivity index (χ4n) is 10.1. The Morgan fingerprint density at radius 3 is 1.75 bits per heavy atom. The number of rotatable bonds is 5. The Hall–Kier alpha value is -6.70. The van der Waals surface area contributed by atoms with Crippen LogP contribution in [0.5, 0.6) is 0 Å². The molecule has 0 bridgehead atoms. The van der Waals surface area contributed by atoms with Crippen LogP contribution in [-0.2, 0) is 10.8 Å². The summed E-state index contributed by atoms with van der Waals surface area (Å²) in [6.45, 7) is 4.70. The predicted molar refractivity (Wildman–Crippen MR) is 231 cm³/mol. The van der Waals surface area contributed by atoms with Gasteiger partial charge in [-0.3, -0.25) is 0 Å². The number of hydrogen-bond donors (Lipinski definition) is 1. The molecule has 0 amide bonds. The second kappa shape index (κ2) is 11.9. The normalized spacial score (nSPS) is 14.3. The highest BCUT2D eigenvalue weighted by Gasteiger charge is 2.46. The van der Waals surface area contributed by atoms with E-state index in [0.717, 1.165) is 11.4 Å². The van der Waals surface area contributed by atoms with Crippen LogP contribution in [0.25, 0.3) is 54.9 Å². The summed E-state index contributed by atoms with van der Waals surface area (Å²) in [5.41, 5.74) is 17.3. The molecule has 0 aliphatic heterocycles. The molecule has 2 aliphatic rings. The average Bonchev–Trinajstić information content (AvgIpc) is 3.67. The summed E-state index contributed by atoms with van der Waals surface area (Å²) >= 11 is 0. The molecule has 55 heavy (non-hydrogen) atoms. The summed E-state index contributed by atoms with van der Waals surface area (Å²) in [6, 6.07) is 72.1. The summed E-state index contributed by atoms with van der Waals surface area (Å²) in [5, 5.41) is 8.91. The molecule has 1 nitrogen and oxygen atoms in total. The quantitative estimate of drug-likeness (QED) is 0.176. The van der Waals surface area contributed by atoms with E-state index in [1.165, 1.54) is 88.3 Å². The van der Waals surface area contributed by atoms with Crippen molar-refractivity contribution in [3.63, 3.8) is 0 Å². The molecule has 0 spiro atoms. The average molecular weight is 702 g/mol. The van der Waals surface area contributed by atoms with E-state index >= 15 is 0 Å². The summed E-state index contributed by atoms with van der Waals surface area (Å²) in [5.74, 6) is 0. The van der Waals surface area contributed by atoms with E-state index in [1.807, 2.05) is 0 Å². The van der Waals surface area contributed by atoms with Gasteiger partial charge in [0.2, 0.25) is 0 Å². The molecule has 0 saturated heterocycles. The van der Waals surface area contributed by atoms with Crippen molar-refractivity contribution in [2.75, 3.05) is 5.32 Å². The van der Waals surface area contributed by atoms with Crippen LogP contribution in [0.2, 0.25) is 0 Å². The SMILES string of the molecule is CC1(C)c2ccccc2-c2ccc(Nc3cc(-c4cccc5c4-c4ccccc4C5(c4ccccc4)c4ccccc4)c4ccc5ccccc5c4c3)cc21. The lowest BCUT2D eigenvalue weighted by atomic mass is 9.67. The van der Waals surface area contributed by atoms with Gasteiger partial charge in [0.25, 0.3) is 0 Å². The number of anilines is 2. The van der Waals surface area contributed by atoms with Crippen LogP contribution < -0.4 is 5.32 Å². The van der Waals surface area contributed by atoms with Gasteiger partial charge in [-0.25, -0.2) is 0 Å². The predicted octanol–water partition coefficient (Wildman–Crippen LogP) is 14.1. The zero-order valence-electron chi connectivity index (χ0n) is 31.0. The van der Waals surface area contributed by atoms with Crippen LogP contribution >= 0.6 is 0 Å². The molecule has 0 saturated carbocycles. The summed E-state index contributed by atoms with van der Waals surface area (Å²) in [7, 11) is 0. The molecule has 0 heterocycles. The largest absolute Gasteiger partial charge is 0.355 e. The molecule has 11 rings (SSSR count). The van der Waals surface area contributed by atoms with Crippen molar-refractivity contribution in [3.8, 4) is 33.4 Å². The Morgan fingerprint density at radius 1 is 0.345 bits per heavy atom. The molecule has 0 radical (unpaired) electrons. The van der Waals surface area contributed by atoms with Gasteiger partial charge in [0.15, 0.2) is 0 Å². The Balaban J connectivity index is 1.16. The van der Waals surface area contributed by atoms with Crippen molar-refractivity contribution in [1.82, 2.24) is 0 Å². The minimum atomic E-state index is -0.461. The Bertz CT molecular complexity index is 2930. The van der Waals surface area contributed by atoms with Gasteiger partial charge in [-0.15, -0.1) is 0 Å². The molecule has 9 aromatic rings. The lowest BCUT2D eigenvalue weighted by Crippen LogP contribution is -2.28. The zero-order valence-corrected chi connectivity index (χ0v) is 31.0. The summed E-state index contributed by atoms with van der Waals surface area (Å²) in [4.78, 5) is 0. The topological polar surface area (TPSA) is 12.0 Å². The van der Waals surface area contributed by atoms with Crippen molar-refractivity contribution >= 4 is 32.9 Å². The highest BCUT2D eigenvalue weighted by molar-refractivity contribution is 6.15. The van der Waals surface area contributed by atoms with Gasteiger partial charge in [0.05, 0.1) is 5.41 Å². The van der Waals surface area contributed by atoms with Crippen molar-refractivity contribution in [1.29, 1.82) is 0 Å². The third-order valence-electron chi connectivity index (χ3n) is 12.5. The molecule has 9 aromatic carbocycles. The van der Waals surface area contributed by atoms with E-state index in [-0.39, 0.29) is 5.41 Å². The van der Waals surface area contributed by atoms with Crippen LogP contribution in [0.3, 0.4) is 0 Å². The van der Waals surface area contributed by atoms with E-state index in [0.29, 0.717) is 0 Å². The first-order valence-corrected chi connectivity index (χ1v) is 19.4. The lowest BCUT2D eigenvalue weighted by Gasteiger charge is -2.34. The summed E-state index contributed by atoms with van der Waals surface area (Å²) in [6.07, 6.45) is 0. The first-order valence-electron chi connectivity index (χ1n) is 19.4. The highest BCUT2D eigenvalue weighted by Crippen LogP contribution is 2.59. The molecule has 0 unspecified atom stereocenters. The number of nitrogens with one attached hydrogen (secondary N) is 1. The fraction of sp³-hybridized carbons (Fsp3) is 0.0741. The third kappa shape index (κ3) is 4.53. The number of hydrogen-bond acceptors (Lipinski definition) is 1. The molecule has 260 valence electrons. The maximum absolute atomic E-state index is 3.92. The molecule has 0 fully saturated rings. The molecule has 1 heteroatoms. The van der Waals surface area contributed by atoms with E-state index in [4.69, 9.17) is 0 Å². The molecule has 2 aliphatic carbocycles. The smallest absolute Gasteiger partial charge is 0.0713 e. The van der Waals surface area contributed by atoms with Gasteiger partial charge in [-0.1, -0.05) is 184 Å². The van der Waals surface area contributed by atoms with Gasteiger partial charge in [-0.05, 0) is 113 Å². The standard InChI is InChI=1S/C54H39N/c1-53(2)48-25-13-11-22-42(48)43-31-29-38(34-51(43)53)55-39-32-46-40-21-10-9-16-35(40)28-30-41(46)47(33-39)44-24-15-27-50-52(44)45-23-12-14-26-49(45)54(50,36-17-5-3-6-18-36)37-19-7-4-8-20-37/h3-34,55H,1-2H3. The number of fused-ring (bicyclic) bond motifs is 9. The van der Waals surface area contributed by atoms with Crippen LogP contribution in [0.1, 0.15) is 47.2 Å². The van der Waals surface area contributed by atoms with Crippen molar-refractivity contribution in [2.24, 2.45) is 0 Å². The van der Waals surface area contributed by atoms with Crippen LogP contribution in [0.4, 0.5) is 11.4 Å². The van der Waals surface area contributed by atoms with Crippen molar-refractivity contribution in [2.45, 2.75) is 24.7 Å². The van der Waals surface area contributed by atoms with E-state index < -0.39 is 5.41 Å². The lowest BCUT2D eigenvalue weighted by molar-refractivity contribution is 0.660. The maximum Gasteiger partial charge on any atom is 0.0713 e. The third-order valence-corrected chi connectivity index (χ3v) is 12.5. The molecule has 0 aromatic heterocycles. The molecule has 1 N–H and O–H groups in total. The Kier molecular flexibility index (Phi) is 6.88.